The first-order valence-corrected chi connectivity index (χ1v) is 2.68. The Bertz CT molecular complexity index is 253. The van der Waals surface area contributed by atoms with Gasteiger partial charge >= 0.3 is 0 Å². The van der Waals surface area contributed by atoms with E-state index >= 15 is 0 Å². The Labute approximate surface area is 56.5 Å². The predicted molar refractivity (Wildman–Crippen MR) is 30.8 cm³/mol. The molecule has 0 unspecified atom stereocenters. The average Bonchev–Trinajstić information content (AvgIpc) is 2.59. The van der Waals surface area contributed by atoms with Crippen LogP contribution >= 0.6 is 0 Å². The molecule has 2 aromatic rings. The summed E-state index contributed by atoms with van der Waals surface area (Å²) in [6.07, 6.45) is 6.79. The number of rotatable bonds is 1. The summed E-state index contributed by atoms with van der Waals surface area (Å²) in [5.41, 5.74) is 0. The van der Waals surface area contributed by atoms with E-state index in [1.807, 2.05) is 0 Å². The van der Waals surface area contributed by atoms with Gasteiger partial charge in [0, 0.05) is 0 Å². The summed E-state index contributed by atoms with van der Waals surface area (Å²) in [7, 11) is 0. The quantitative estimate of drug-likeness (QED) is 0.588. The lowest BCUT2D eigenvalue weighted by Gasteiger charge is -1.81. The van der Waals surface area contributed by atoms with Crippen LogP contribution < -0.4 is 0 Å². The summed E-state index contributed by atoms with van der Waals surface area (Å²) in [5, 5.41) is 0. The van der Waals surface area contributed by atoms with Gasteiger partial charge in [-0.3, -0.25) is 0 Å². The van der Waals surface area contributed by atoms with E-state index in [0.717, 1.165) is 0 Å². The van der Waals surface area contributed by atoms with Crippen molar-refractivity contribution in [1.82, 2.24) is 9.97 Å². The standard InChI is InChI=1S/C6H3N2O2/c1-2-9-6(8-1)5-3-7-4-10-5/h1-3H. The van der Waals surface area contributed by atoms with Crippen LogP contribution in [-0.4, -0.2) is 9.97 Å². The van der Waals surface area contributed by atoms with Gasteiger partial charge in [-0.15, -0.1) is 0 Å². The number of nitrogens with zero attached hydrogens (tertiary/aromatic N) is 2. The summed E-state index contributed by atoms with van der Waals surface area (Å²) in [6.45, 7) is 0. The third-order valence-electron chi connectivity index (χ3n) is 1.03. The highest BCUT2D eigenvalue weighted by atomic mass is 16.4. The molecule has 2 rings (SSSR count). The van der Waals surface area contributed by atoms with Crippen molar-refractivity contribution in [2.75, 3.05) is 0 Å². The van der Waals surface area contributed by atoms with Crippen molar-refractivity contribution in [2.45, 2.75) is 0 Å². The Morgan fingerprint density at radius 1 is 1.50 bits per heavy atom. The summed E-state index contributed by atoms with van der Waals surface area (Å²) >= 11 is 0. The topological polar surface area (TPSA) is 52.1 Å². The highest BCUT2D eigenvalue weighted by molar-refractivity contribution is 5.40. The summed E-state index contributed by atoms with van der Waals surface area (Å²) in [6, 6.07) is 0. The highest BCUT2D eigenvalue weighted by Gasteiger charge is 2.04. The van der Waals surface area contributed by atoms with Gasteiger partial charge in [0.2, 0.25) is 5.76 Å². The molecule has 1 radical (unpaired) electrons. The Balaban J connectivity index is 2.48. The van der Waals surface area contributed by atoms with Gasteiger partial charge in [0.1, 0.15) is 6.26 Å². The molecule has 0 aromatic carbocycles. The lowest BCUT2D eigenvalue weighted by molar-refractivity contribution is 0.509. The predicted octanol–water partition coefficient (Wildman–Crippen LogP) is 1.13. The molecular formula is C6H3N2O2. The van der Waals surface area contributed by atoms with E-state index in [0.29, 0.717) is 11.7 Å². The Kier molecular flexibility index (Phi) is 1.04. The van der Waals surface area contributed by atoms with E-state index in [4.69, 9.17) is 8.83 Å². The van der Waals surface area contributed by atoms with Crippen LogP contribution in [0.5, 0.6) is 0 Å². The molecule has 0 spiro atoms. The molecule has 2 heterocycles. The normalized spacial score (nSPS) is 10.0. The van der Waals surface area contributed by atoms with Crippen LogP contribution in [0.15, 0.2) is 27.5 Å². The minimum Gasteiger partial charge on any atom is -0.442 e. The van der Waals surface area contributed by atoms with E-state index in [9.17, 15) is 0 Å². The van der Waals surface area contributed by atoms with Crippen LogP contribution in [0.2, 0.25) is 0 Å². The zero-order valence-corrected chi connectivity index (χ0v) is 4.94. The molecule has 0 saturated carbocycles. The third-order valence-corrected chi connectivity index (χ3v) is 1.03. The molecular weight excluding hydrogens is 132 g/mol. The largest absolute Gasteiger partial charge is 0.442 e. The van der Waals surface area contributed by atoms with Crippen LogP contribution in [0, 0.1) is 6.39 Å². The molecule has 10 heavy (non-hydrogen) atoms. The number of aromatic nitrogens is 2. The van der Waals surface area contributed by atoms with E-state index in [-0.39, 0.29) is 0 Å². The average molecular weight is 135 g/mol. The van der Waals surface area contributed by atoms with Gasteiger partial charge in [0.15, 0.2) is 0 Å². The lowest BCUT2D eigenvalue weighted by Crippen LogP contribution is -1.68. The van der Waals surface area contributed by atoms with Gasteiger partial charge in [-0.1, -0.05) is 0 Å². The summed E-state index contributed by atoms with van der Waals surface area (Å²) in [5.74, 6) is 0.916. The summed E-state index contributed by atoms with van der Waals surface area (Å²) < 4.78 is 9.70. The fourth-order valence-electron chi connectivity index (χ4n) is 0.631. The molecule has 0 atom stereocenters. The molecule has 0 aliphatic heterocycles. The van der Waals surface area contributed by atoms with Gasteiger partial charge < -0.3 is 8.83 Å². The molecule has 0 bridgehead atoms. The molecule has 2 aromatic heterocycles. The Hall–Kier alpha value is -1.58. The SMILES string of the molecule is [c]1ncc(-c2ncco2)o1. The van der Waals surface area contributed by atoms with Gasteiger partial charge in [-0.05, 0) is 0 Å². The molecule has 49 valence electrons. The maximum atomic E-state index is 4.91. The lowest BCUT2D eigenvalue weighted by atomic mass is 10.5. The number of hydrogen-bond donors (Lipinski definition) is 0. The van der Waals surface area contributed by atoms with Gasteiger partial charge in [0.25, 0.3) is 12.3 Å². The van der Waals surface area contributed by atoms with Crippen molar-refractivity contribution < 1.29 is 8.83 Å². The number of oxazole rings is 2. The van der Waals surface area contributed by atoms with Crippen LogP contribution in [0.4, 0.5) is 0 Å². The minimum absolute atomic E-state index is 0.425. The van der Waals surface area contributed by atoms with Crippen LogP contribution in [-0.2, 0) is 0 Å². The van der Waals surface area contributed by atoms with Crippen LogP contribution in [0.3, 0.4) is 0 Å². The second-order valence-corrected chi connectivity index (χ2v) is 1.65. The van der Waals surface area contributed by atoms with Crippen molar-refractivity contribution in [3.8, 4) is 11.7 Å². The molecule has 0 aliphatic rings. The fourth-order valence-corrected chi connectivity index (χ4v) is 0.631. The molecule has 4 heteroatoms. The fraction of sp³-hybridized carbons (Fsp3) is 0. The van der Waals surface area contributed by atoms with E-state index in [2.05, 4.69) is 16.4 Å². The highest BCUT2D eigenvalue weighted by Crippen LogP contribution is 2.13. The van der Waals surface area contributed by atoms with Crippen LogP contribution in [0.1, 0.15) is 0 Å². The van der Waals surface area contributed by atoms with Crippen molar-refractivity contribution in [1.29, 1.82) is 0 Å². The van der Waals surface area contributed by atoms with E-state index in [1.165, 1.54) is 18.7 Å². The summed E-state index contributed by atoms with van der Waals surface area (Å²) in [4.78, 5) is 7.42. The first kappa shape index (κ1) is 5.22. The maximum absolute atomic E-state index is 4.91. The second-order valence-electron chi connectivity index (χ2n) is 1.65. The van der Waals surface area contributed by atoms with Gasteiger partial charge in [0.05, 0.1) is 12.4 Å². The van der Waals surface area contributed by atoms with Crippen molar-refractivity contribution in [3.63, 3.8) is 0 Å². The first-order chi connectivity index (χ1) is 4.97. The zero-order valence-electron chi connectivity index (χ0n) is 4.94. The van der Waals surface area contributed by atoms with E-state index < -0.39 is 0 Å². The molecule has 4 nitrogen and oxygen atoms in total. The van der Waals surface area contributed by atoms with E-state index in [1.54, 1.807) is 0 Å². The molecule has 0 amide bonds. The number of hydrogen-bond acceptors (Lipinski definition) is 4. The Morgan fingerprint density at radius 2 is 2.50 bits per heavy atom. The van der Waals surface area contributed by atoms with Gasteiger partial charge in [-0.25, -0.2) is 9.97 Å². The third kappa shape index (κ3) is 0.699. The second kappa shape index (κ2) is 1.98. The molecule has 0 saturated heterocycles. The minimum atomic E-state index is 0.425. The molecule has 0 fully saturated rings. The first-order valence-electron chi connectivity index (χ1n) is 2.68. The van der Waals surface area contributed by atoms with Crippen molar-refractivity contribution in [3.05, 3.63) is 25.1 Å². The van der Waals surface area contributed by atoms with Crippen molar-refractivity contribution >= 4 is 0 Å². The smallest absolute Gasteiger partial charge is 0.284 e. The monoisotopic (exact) mass is 135 g/mol. The van der Waals surface area contributed by atoms with Crippen LogP contribution in [0.25, 0.3) is 11.7 Å². The Morgan fingerprint density at radius 3 is 3.10 bits per heavy atom. The zero-order chi connectivity index (χ0) is 6.81. The van der Waals surface area contributed by atoms with Gasteiger partial charge in [-0.2, -0.15) is 0 Å². The molecule has 0 N–H and O–H groups in total. The van der Waals surface area contributed by atoms with Crippen molar-refractivity contribution in [2.24, 2.45) is 0 Å². The molecule has 0 aliphatic carbocycles. The maximum Gasteiger partial charge on any atom is 0.284 e.